The van der Waals surface area contributed by atoms with E-state index >= 15 is 0 Å². The van der Waals surface area contributed by atoms with Gasteiger partial charge in [-0.15, -0.1) is 0 Å². The van der Waals surface area contributed by atoms with Crippen LogP contribution in [0.15, 0.2) is 0 Å². The number of carboxylic acid groups (broad SMARTS) is 1. The van der Waals surface area contributed by atoms with E-state index in [1.54, 1.807) is 7.05 Å². The van der Waals surface area contributed by atoms with Crippen LogP contribution in [0.1, 0.15) is 26.7 Å². The molecule has 0 saturated carbocycles. The zero-order valence-electron chi connectivity index (χ0n) is 13.0. The molecule has 0 unspecified atom stereocenters. The van der Waals surface area contributed by atoms with E-state index in [9.17, 15) is 14.7 Å². The average Bonchev–Trinajstić information content (AvgIpc) is 2.36. The van der Waals surface area contributed by atoms with Gasteiger partial charge >= 0.3 is 12.0 Å². The number of amides is 2. The summed E-state index contributed by atoms with van der Waals surface area (Å²) in [6.45, 7) is 5.03. The number of carbonyl (C=O) groups is 2. The summed E-state index contributed by atoms with van der Waals surface area (Å²) in [6.07, 6.45) is 0.960. The second-order valence-electron chi connectivity index (χ2n) is 6.14. The highest BCUT2D eigenvalue weighted by atomic mass is 16.5. The van der Waals surface area contributed by atoms with E-state index < -0.39 is 11.6 Å². The molecule has 122 valence electrons. The lowest BCUT2D eigenvalue weighted by molar-refractivity contribution is -0.137. The van der Waals surface area contributed by atoms with Crippen molar-refractivity contribution in [2.45, 2.75) is 32.3 Å². The molecular weight excluding hydrogens is 276 g/mol. The standard InChI is InChI=1S/C14H26N2O5/c1-11(2)8-16(9-12(17)18)13(19)15(3)10-14(20)4-6-21-7-5-14/h11,20H,4-10H2,1-3H3,(H,17,18). The Labute approximate surface area is 125 Å². The molecule has 2 amide bonds. The summed E-state index contributed by atoms with van der Waals surface area (Å²) in [6, 6.07) is -0.369. The first-order valence-corrected chi connectivity index (χ1v) is 7.25. The minimum absolute atomic E-state index is 0.174. The van der Waals surface area contributed by atoms with Gasteiger partial charge in [0.15, 0.2) is 0 Å². The Kier molecular flexibility index (Phi) is 6.42. The summed E-state index contributed by atoms with van der Waals surface area (Å²) >= 11 is 0. The van der Waals surface area contributed by atoms with Gasteiger partial charge in [0.05, 0.1) is 12.1 Å². The van der Waals surface area contributed by atoms with Crippen LogP contribution in [0, 0.1) is 5.92 Å². The highest BCUT2D eigenvalue weighted by molar-refractivity contribution is 5.80. The smallest absolute Gasteiger partial charge is 0.323 e. The number of aliphatic hydroxyl groups is 1. The molecule has 0 spiro atoms. The van der Waals surface area contributed by atoms with Crippen LogP contribution < -0.4 is 0 Å². The molecular formula is C14H26N2O5. The van der Waals surface area contributed by atoms with Crippen LogP contribution in [0.25, 0.3) is 0 Å². The third-order valence-electron chi connectivity index (χ3n) is 3.46. The van der Waals surface area contributed by atoms with Crippen molar-refractivity contribution in [3.8, 4) is 0 Å². The lowest BCUT2D eigenvalue weighted by Crippen LogP contribution is -2.52. The summed E-state index contributed by atoms with van der Waals surface area (Å²) in [5, 5.41) is 19.3. The zero-order chi connectivity index (χ0) is 16.0. The van der Waals surface area contributed by atoms with Gasteiger partial charge in [0, 0.05) is 39.6 Å². The van der Waals surface area contributed by atoms with E-state index in [-0.39, 0.29) is 25.0 Å². The summed E-state index contributed by atoms with van der Waals surface area (Å²) in [5.74, 6) is -0.866. The Morgan fingerprint density at radius 3 is 2.33 bits per heavy atom. The molecule has 1 heterocycles. The fourth-order valence-corrected chi connectivity index (χ4v) is 2.47. The monoisotopic (exact) mass is 302 g/mol. The Balaban J connectivity index is 2.65. The molecule has 21 heavy (non-hydrogen) atoms. The quantitative estimate of drug-likeness (QED) is 0.751. The SMILES string of the molecule is CC(C)CN(CC(=O)O)C(=O)N(C)CC1(O)CCOCC1. The minimum atomic E-state index is -1.04. The van der Waals surface area contributed by atoms with Gasteiger partial charge in [-0.3, -0.25) is 4.79 Å². The van der Waals surface area contributed by atoms with Crippen molar-refractivity contribution in [2.75, 3.05) is 39.9 Å². The largest absolute Gasteiger partial charge is 0.480 e. The number of likely N-dealkylation sites (N-methyl/N-ethyl adjacent to an activating group) is 1. The number of carbonyl (C=O) groups excluding carboxylic acids is 1. The Bertz CT molecular complexity index is 366. The van der Waals surface area contributed by atoms with Crippen LogP contribution in [-0.2, 0) is 9.53 Å². The summed E-state index contributed by atoms with van der Waals surface area (Å²) in [5.41, 5.74) is -0.949. The van der Waals surface area contributed by atoms with Crippen molar-refractivity contribution in [3.63, 3.8) is 0 Å². The molecule has 1 saturated heterocycles. The van der Waals surface area contributed by atoms with E-state index in [0.29, 0.717) is 32.6 Å². The molecule has 1 aliphatic heterocycles. The highest BCUT2D eigenvalue weighted by Crippen LogP contribution is 2.21. The molecule has 0 bridgehead atoms. The Hall–Kier alpha value is -1.34. The lowest BCUT2D eigenvalue weighted by Gasteiger charge is -2.37. The number of carboxylic acids is 1. The van der Waals surface area contributed by atoms with E-state index in [4.69, 9.17) is 9.84 Å². The first-order valence-electron chi connectivity index (χ1n) is 7.25. The Morgan fingerprint density at radius 1 is 1.29 bits per heavy atom. The number of hydrogen-bond acceptors (Lipinski definition) is 4. The van der Waals surface area contributed by atoms with E-state index in [2.05, 4.69) is 0 Å². The maximum absolute atomic E-state index is 12.4. The molecule has 0 aromatic rings. The number of nitrogens with zero attached hydrogens (tertiary/aromatic N) is 2. The van der Waals surface area contributed by atoms with Crippen molar-refractivity contribution in [1.29, 1.82) is 0 Å². The molecule has 0 atom stereocenters. The van der Waals surface area contributed by atoms with Crippen LogP contribution in [0.3, 0.4) is 0 Å². The summed E-state index contributed by atoms with van der Waals surface area (Å²) in [4.78, 5) is 26.0. The summed E-state index contributed by atoms with van der Waals surface area (Å²) in [7, 11) is 1.59. The van der Waals surface area contributed by atoms with Crippen molar-refractivity contribution in [1.82, 2.24) is 9.80 Å². The third-order valence-corrected chi connectivity index (χ3v) is 3.46. The van der Waals surface area contributed by atoms with E-state index in [1.165, 1.54) is 9.80 Å². The van der Waals surface area contributed by atoms with Gasteiger partial charge in [-0.05, 0) is 5.92 Å². The molecule has 1 fully saturated rings. The van der Waals surface area contributed by atoms with E-state index in [1.807, 2.05) is 13.8 Å². The molecule has 1 aliphatic rings. The van der Waals surface area contributed by atoms with Gasteiger partial charge in [-0.1, -0.05) is 13.8 Å². The number of rotatable bonds is 6. The highest BCUT2D eigenvalue weighted by Gasteiger charge is 2.33. The van der Waals surface area contributed by atoms with Crippen molar-refractivity contribution in [3.05, 3.63) is 0 Å². The van der Waals surface area contributed by atoms with E-state index in [0.717, 1.165) is 0 Å². The Morgan fingerprint density at radius 2 is 1.86 bits per heavy atom. The second-order valence-corrected chi connectivity index (χ2v) is 6.14. The summed E-state index contributed by atoms with van der Waals surface area (Å²) < 4.78 is 5.21. The van der Waals surface area contributed by atoms with Crippen LogP contribution >= 0.6 is 0 Å². The van der Waals surface area contributed by atoms with Crippen molar-refractivity contribution in [2.24, 2.45) is 5.92 Å². The van der Waals surface area contributed by atoms with Crippen LogP contribution in [0.2, 0.25) is 0 Å². The fraction of sp³-hybridized carbons (Fsp3) is 0.857. The zero-order valence-corrected chi connectivity index (χ0v) is 13.0. The predicted molar refractivity (Wildman–Crippen MR) is 77.1 cm³/mol. The van der Waals surface area contributed by atoms with Gasteiger partial charge < -0.3 is 24.7 Å². The molecule has 0 aromatic heterocycles. The predicted octanol–water partition coefficient (Wildman–Crippen LogP) is 0.622. The first kappa shape index (κ1) is 17.7. The minimum Gasteiger partial charge on any atom is -0.480 e. The van der Waals surface area contributed by atoms with Crippen LogP contribution in [0.4, 0.5) is 4.79 Å². The number of urea groups is 1. The average molecular weight is 302 g/mol. The molecule has 1 rings (SSSR count). The van der Waals surface area contributed by atoms with Crippen LogP contribution in [0.5, 0.6) is 0 Å². The molecule has 0 radical (unpaired) electrons. The maximum Gasteiger partial charge on any atom is 0.323 e. The van der Waals surface area contributed by atoms with Gasteiger partial charge in [0.1, 0.15) is 6.54 Å². The molecule has 7 nitrogen and oxygen atoms in total. The van der Waals surface area contributed by atoms with Gasteiger partial charge in [-0.25, -0.2) is 4.79 Å². The molecule has 0 aliphatic carbocycles. The number of aliphatic carboxylic acids is 1. The lowest BCUT2D eigenvalue weighted by atomic mass is 9.94. The third kappa shape index (κ3) is 5.89. The first-order chi connectivity index (χ1) is 9.73. The van der Waals surface area contributed by atoms with Gasteiger partial charge in [-0.2, -0.15) is 0 Å². The molecule has 0 aromatic carbocycles. The number of hydrogen-bond donors (Lipinski definition) is 2. The van der Waals surface area contributed by atoms with Gasteiger partial charge in [0.2, 0.25) is 0 Å². The molecule has 2 N–H and O–H groups in total. The van der Waals surface area contributed by atoms with Crippen molar-refractivity contribution < 1.29 is 24.5 Å². The van der Waals surface area contributed by atoms with Crippen molar-refractivity contribution >= 4 is 12.0 Å². The topological polar surface area (TPSA) is 90.3 Å². The maximum atomic E-state index is 12.4. The van der Waals surface area contributed by atoms with Gasteiger partial charge in [0.25, 0.3) is 0 Å². The fourth-order valence-electron chi connectivity index (χ4n) is 2.47. The van der Waals surface area contributed by atoms with Crippen LogP contribution in [-0.4, -0.2) is 77.5 Å². The molecule has 7 heteroatoms. The normalized spacial score (nSPS) is 17.6. The number of ether oxygens (including phenoxy) is 1. The second kappa shape index (κ2) is 7.61.